The quantitative estimate of drug-likeness (QED) is 0.758. The molecule has 0 aromatic heterocycles. The standard InChI is InChI=1S/C12H19NO3.ClH/c1-3-4-11(15)12(13)9-7-8(16-2)5-6-10(9)14;/h5-7,11-12,14-15H,3-4,13H2,1-2H3;1H/t11-,12+;/m0./s1. The summed E-state index contributed by atoms with van der Waals surface area (Å²) < 4.78 is 5.05. The molecule has 17 heavy (non-hydrogen) atoms. The number of methoxy groups -OCH3 is 1. The lowest BCUT2D eigenvalue weighted by Gasteiger charge is -2.20. The maximum Gasteiger partial charge on any atom is 0.120 e. The Morgan fingerprint density at radius 3 is 2.59 bits per heavy atom. The van der Waals surface area contributed by atoms with Gasteiger partial charge in [0.05, 0.1) is 19.3 Å². The maximum atomic E-state index is 9.78. The summed E-state index contributed by atoms with van der Waals surface area (Å²) in [5.74, 6) is 0.704. The zero-order valence-electron chi connectivity index (χ0n) is 10.1. The molecular formula is C12H20ClNO3. The molecule has 2 atom stereocenters. The molecule has 0 amide bonds. The van der Waals surface area contributed by atoms with Gasteiger partial charge in [0.2, 0.25) is 0 Å². The van der Waals surface area contributed by atoms with E-state index in [-0.39, 0.29) is 18.2 Å². The molecule has 0 aliphatic rings. The van der Waals surface area contributed by atoms with Gasteiger partial charge in [0.15, 0.2) is 0 Å². The molecule has 0 heterocycles. The molecule has 4 nitrogen and oxygen atoms in total. The van der Waals surface area contributed by atoms with E-state index < -0.39 is 12.1 Å². The van der Waals surface area contributed by atoms with Gasteiger partial charge in [-0.2, -0.15) is 0 Å². The largest absolute Gasteiger partial charge is 0.508 e. The van der Waals surface area contributed by atoms with Crippen molar-refractivity contribution in [2.45, 2.75) is 31.9 Å². The summed E-state index contributed by atoms with van der Waals surface area (Å²) in [6, 6.07) is 4.23. The zero-order chi connectivity index (χ0) is 12.1. The van der Waals surface area contributed by atoms with Crippen LogP contribution < -0.4 is 10.5 Å². The summed E-state index contributed by atoms with van der Waals surface area (Å²) in [7, 11) is 1.55. The number of phenolic OH excluding ortho intramolecular Hbond substituents is 1. The fourth-order valence-electron chi connectivity index (χ4n) is 1.61. The van der Waals surface area contributed by atoms with Crippen LogP contribution in [0.4, 0.5) is 0 Å². The summed E-state index contributed by atoms with van der Waals surface area (Å²) in [5, 5.41) is 19.5. The van der Waals surface area contributed by atoms with Crippen molar-refractivity contribution in [2.24, 2.45) is 5.73 Å². The van der Waals surface area contributed by atoms with Crippen LogP contribution in [0.2, 0.25) is 0 Å². The Morgan fingerprint density at radius 2 is 2.06 bits per heavy atom. The molecule has 0 aliphatic heterocycles. The average Bonchev–Trinajstić information content (AvgIpc) is 2.29. The molecule has 4 N–H and O–H groups in total. The summed E-state index contributed by atoms with van der Waals surface area (Å²) >= 11 is 0. The third-order valence-corrected chi connectivity index (χ3v) is 2.59. The Kier molecular flexibility index (Phi) is 6.95. The number of rotatable bonds is 5. The first-order valence-corrected chi connectivity index (χ1v) is 5.40. The Labute approximate surface area is 108 Å². The number of aromatic hydroxyl groups is 1. The van der Waals surface area contributed by atoms with E-state index in [0.717, 1.165) is 6.42 Å². The third-order valence-electron chi connectivity index (χ3n) is 2.59. The average molecular weight is 262 g/mol. The van der Waals surface area contributed by atoms with Gasteiger partial charge in [0.1, 0.15) is 11.5 Å². The molecule has 0 spiro atoms. The lowest BCUT2D eigenvalue weighted by Crippen LogP contribution is -2.26. The van der Waals surface area contributed by atoms with E-state index in [1.165, 1.54) is 6.07 Å². The van der Waals surface area contributed by atoms with Gasteiger partial charge < -0.3 is 20.7 Å². The number of aliphatic hydroxyl groups is 1. The molecule has 5 heteroatoms. The Bertz CT molecular complexity index is 347. The van der Waals surface area contributed by atoms with Crippen molar-refractivity contribution >= 4 is 12.4 Å². The predicted octanol–water partition coefficient (Wildman–Crippen LogP) is 1.98. The number of aliphatic hydroxyl groups excluding tert-OH is 1. The molecule has 0 saturated heterocycles. The van der Waals surface area contributed by atoms with E-state index in [1.54, 1.807) is 19.2 Å². The molecule has 1 aromatic rings. The van der Waals surface area contributed by atoms with E-state index >= 15 is 0 Å². The van der Waals surface area contributed by atoms with Gasteiger partial charge in [-0.25, -0.2) is 0 Å². The van der Waals surface area contributed by atoms with Crippen molar-refractivity contribution in [3.8, 4) is 11.5 Å². The fourth-order valence-corrected chi connectivity index (χ4v) is 1.61. The number of phenols is 1. The summed E-state index contributed by atoms with van der Waals surface area (Å²) in [4.78, 5) is 0. The van der Waals surface area contributed by atoms with Crippen LogP contribution >= 0.6 is 12.4 Å². The minimum Gasteiger partial charge on any atom is -0.508 e. The van der Waals surface area contributed by atoms with Crippen molar-refractivity contribution in [1.29, 1.82) is 0 Å². The van der Waals surface area contributed by atoms with Crippen LogP contribution in [0.3, 0.4) is 0 Å². The van der Waals surface area contributed by atoms with Crippen molar-refractivity contribution in [3.05, 3.63) is 23.8 Å². The molecule has 0 saturated carbocycles. The number of hydrogen-bond acceptors (Lipinski definition) is 4. The minimum absolute atomic E-state index is 0. The van der Waals surface area contributed by atoms with Gasteiger partial charge in [0, 0.05) is 5.56 Å². The van der Waals surface area contributed by atoms with Crippen LogP contribution in [0.5, 0.6) is 11.5 Å². The van der Waals surface area contributed by atoms with Gasteiger partial charge >= 0.3 is 0 Å². The van der Waals surface area contributed by atoms with Crippen LogP contribution in [-0.2, 0) is 0 Å². The van der Waals surface area contributed by atoms with E-state index in [0.29, 0.717) is 17.7 Å². The van der Waals surface area contributed by atoms with Crippen LogP contribution in [0, 0.1) is 0 Å². The highest BCUT2D eigenvalue weighted by Crippen LogP contribution is 2.29. The Hall–Kier alpha value is -0.970. The zero-order valence-corrected chi connectivity index (χ0v) is 10.9. The first-order valence-electron chi connectivity index (χ1n) is 5.40. The number of benzene rings is 1. The van der Waals surface area contributed by atoms with E-state index in [4.69, 9.17) is 10.5 Å². The monoisotopic (exact) mass is 261 g/mol. The summed E-state index contributed by atoms with van der Waals surface area (Å²) in [6.45, 7) is 1.97. The topological polar surface area (TPSA) is 75.7 Å². The Morgan fingerprint density at radius 1 is 1.41 bits per heavy atom. The van der Waals surface area contributed by atoms with E-state index in [9.17, 15) is 10.2 Å². The van der Waals surface area contributed by atoms with Gasteiger partial charge in [-0.3, -0.25) is 0 Å². The molecular weight excluding hydrogens is 242 g/mol. The summed E-state index contributed by atoms with van der Waals surface area (Å²) in [5.41, 5.74) is 6.40. The molecule has 0 radical (unpaired) electrons. The molecule has 0 bridgehead atoms. The number of ether oxygens (including phenoxy) is 1. The summed E-state index contributed by atoms with van der Waals surface area (Å²) in [6.07, 6.45) is 0.806. The highest BCUT2D eigenvalue weighted by molar-refractivity contribution is 5.85. The molecule has 0 fully saturated rings. The van der Waals surface area contributed by atoms with Crippen molar-refractivity contribution in [1.82, 2.24) is 0 Å². The van der Waals surface area contributed by atoms with Gasteiger partial charge in [-0.05, 0) is 24.6 Å². The molecule has 1 rings (SSSR count). The second-order valence-corrected chi connectivity index (χ2v) is 3.81. The van der Waals surface area contributed by atoms with Crippen LogP contribution in [-0.4, -0.2) is 23.4 Å². The maximum absolute atomic E-state index is 9.78. The second kappa shape index (κ2) is 7.37. The highest BCUT2D eigenvalue weighted by Gasteiger charge is 2.19. The van der Waals surface area contributed by atoms with Crippen molar-refractivity contribution < 1.29 is 14.9 Å². The normalized spacial score (nSPS) is 13.6. The lowest BCUT2D eigenvalue weighted by molar-refractivity contribution is 0.133. The van der Waals surface area contributed by atoms with Crippen molar-refractivity contribution in [2.75, 3.05) is 7.11 Å². The first kappa shape index (κ1) is 16.0. The third kappa shape index (κ3) is 4.07. The number of halogens is 1. The van der Waals surface area contributed by atoms with Crippen LogP contribution in [0.1, 0.15) is 31.4 Å². The smallest absolute Gasteiger partial charge is 0.120 e. The Balaban J connectivity index is 0.00000256. The molecule has 0 unspecified atom stereocenters. The molecule has 0 aliphatic carbocycles. The molecule has 98 valence electrons. The molecule has 1 aromatic carbocycles. The number of hydrogen-bond donors (Lipinski definition) is 3. The van der Waals surface area contributed by atoms with Crippen molar-refractivity contribution in [3.63, 3.8) is 0 Å². The second-order valence-electron chi connectivity index (χ2n) is 3.81. The van der Waals surface area contributed by atoms with Gasteiger partial charge in [0.25, 0.3) is 0 Å². The van der Waals surface area contributed by atoms with E-state index in [2.05, 4.69) is 0 Å². The first-order chi connectivity index (χ1) is 7.60. The highest BCUT2D eigenvalue weighted by atomic mass is 35.5. The predicted molar refractivity (Wildman–Crippen MR) is 69.8 cm³/mol. The van der Waals surface area contributed by atoms with Crippen LogP contribution in [0.25, 0.3) is 0 Å². The minimum atomic E-state index is -0.650. The fraction of sp³-hybridized carbons (Fsp3) is 0.500. The SMILES string of the molecule is CCC[C@H](O)[C@H](N)c1cc(OC)ccc1O.Cl. The van der Waals surface area contributed by atoms with Gasteiger partial charge in [-0.1, -0.05) is 13.3 Å². The van der Waals surface area contributed by atoms with E-state index in [1.807, 2.05) is 6.92 Å². The number of nitrogens with two attached hydrogens (primary N) is 1. The van der Waals surface area contributed by atoms with Gasteiger partial charge in [-0.15, -0.1) is 12.4 Å². The lowest BCUT2D eigenvalue weighted by atomic mass is 9.98. The van der Waals surface area contributed by atoms with Crippen LogP contribution in [0.15, 0.2) is 18.2 Å².